The molecule has 1 aromatic carbocycles. The molecule has 25 heavy (non-hydrogen) atoms. The quantitative estimate of drug-likeness (QED) is 0.851. The number of hydrogen-bond acceptors (Lipinski definition) is 4. The number of anilines is 1. The van der Waals surface area contributed by atoms with E-state index in [9.17, 15) is 14.4 Å². The monoisotopic (exact) mass is 344 g/mol. The van der Waals surface area contributed by atoms with Gasteiger partial charge in [-0.15, -0.1) is 0 Å². The zero-order valence-corrected chi connectivity index (χ0v) is 14.5. The summed E-state index contributed by atoms with van der Waals surface area (Å²) in [7, 11) is 1.30. The second kappa shape index (κ2) is 7.68. The van der Waals surface area contributed by atoms with E-state index in [0.29, 0.717) is 17.7 Å². The Hall–Kier alpha value is -2.37. The maximum Gasteiger partial charge on any atom is 0.339 e. The van der Waals surface area contributed by atoms with E-state index >= 15 is 0 Å². The number of nitrogens with zero attached hydrogens (tertiary/aromatic N) is 1. The summed E-state index contributed by atoms with van der Waals surface area (Å²) in [4.78, 5) is 38.7. The molecule has 1 heterocycles. The Morgan fingerprint density at radius 2 is 1.72 bits per heavy atom. The summed E-state index contributed by atoms with van der Waals surface area (Å²) in [5.74, 6) is -1.12. The van der Waals surface area contributed by atoms with Gasteiger partial charge in [-0.25, -0.2) is 4.79 Å². The Bertz CT molecular complexity index is 665. The number of methoxy groups -OCH3 is 1. The van der Waals surface area contributed by atoms with E-state index < -0.39 is 5.97 Å². The standard InChI is InChI=1S/C19H24N2O4/c1-25-19(24)13-8-4-5-9-16(13)20-17(22)14-12-15(14)18(23)21-10-6-2-3-7-11-21/h4-5,8-9,14-15H,2-3,6-7,10-12H2,1H3,(H,20,22). The zero-order chi connectivity index (χ0) is 17.8. The first kappa shape index (κ1) is 17.5. The van der Waals surface area contributed by atoms with E-state index in [2.05, 4.69) is 5.32 Å². The predicted molar refractivity (Wildman–Crippen MR) is 93.1 cm³/mol. The summed E-state index contributed by atoms with van der Waals surface area (Å²) in [5.41, 5.74) is 0.738. The van der Waals surface area contributed by atoms with Gasteiger partial charge in [-0.1, -0.05) is 25.0 Å². The molecule has 0 radical (unpaired) electrons. The number of carbonyl (C=O) groups excluding carboxylic acids is 3. The van der Waals surface area contributed by atoms with Crippen LogP contribution in [0.15, 0.2) is 24.3 Å². The topological polar surface area (TPSA) is 75.7 Å². The molecule has 2 unspecified atom stereocenters. The van der Waals surface area contributed by atoms with E-state index in [1.165, 1.54) is 20.0 Å². The fourth-order valence-corrected chi connectivity index (χ4v) is 3.39. The molecule has 2 fully saturated rings. The largest absolute Gasteiger partial charge is 0.465 e. The molecule has 1 aliphatic carbocycles. The molecule has 6 nitrogen and oxygen atoms in total. The summed E-state index contributed by atoms with van der Waals surface area (Å²) in [6.45, 7) is 1.60. The van der Waals surface area contributed by atoms with Gasteiger partial charge < -0.3 is 15.0 Å². The molecule has 0 bridgehead atoms. The van der Waals surface area contributed by atoms with Gasteiger partial charge in [0.2, 0.25) is 11.8 Å². The zero-order valence-electron chi connectivity index (χ0n) is 14.5. The van der Waals surface area contributed by atoms with Gasteiger partial charge in [-0.05, 0) is 31.4 Å². The molecule has 3 rings (SSSR count). The number of carbonyl (C=O) groups is 3. The number of ether oxygens (including phenoxy) is 1. The van der Waals surface area contributed by atoms with Crippen molar-refractivity contribution in [3.63, 3.8) is 0 Å². The number of amides is 2. The first-order valence-electron chi connectivity index (χ1n) is 8.89. The molecule has 2 atom stereocenters. The molecule has 1 aliphatic heterocycles. The SMILES string of the molecule is COC(=O)c1ccccc1NC(=O)C1CC1C(=O)N1CCCCCC1. The molecule has 1 N–H and O–H groups in total. The van der Waals surface area contributed by atoms with Crippen LogP contribution in [0.25, 0.3) is 0 Å². The molecule has 2 aliphatic rings. The van der Waals surface area contributed by atoms with Gasteiger partial charge in [0.15, 0.2) is 0 Å². The molecule has 1 saturated carbocycles. The Morgan fingerprint density at radius 1 is 1.04 bits per heavy atom. The molecule has 2 amide bonds. The fraction of sp³-hybridized carbons (Fsp3) is 0.526. The molecule has 0 aromatic heterocycles. The molecular formula is C19H24N2O4. The van der Waals surface area contributed by atoms with E-state index in [4.69, 9.17) is 4.74 Å². The summed E-state index contributed by atoms with van der Waals surface area (Å²) in [5, 5.41) is 2.78. The van der Waals surface area contributed by atoms with Crippen LogP contribution in [0, 0.1) is 11.8 Å². The van der Waals surface area contributed by atoms with Crippen molar-refractivity contribution in [2.24, 2.45) is 11.8 Å². The minimum absolute atomic E-state index is 0.100. The number of benzene rings is 1. The lowest BCUT2D eigenvalue weighted by Crippen LogP contribution is -2.34. The molecule has 1 saturated heterocycles. The van der Waals surface area contributed by atoms with Gasteiger partial charge in [0.1, 0.15) is 0 Å². The van der Waals surface area contributed by atoms with Crippen LogP contribution in [0.4, 0.5) is 5.69 Å². The van der Waals surface area contributed by atoms with Crippen LogP contribution in [-0.4, -0.2) is 42.9 Å². The van der Waals surface area contributed by atoms with Crippen LogP contribution in [0.2, 0.25) is 0 Å². The van der Waals surface area contributed by atoms with Crippen molar-refractivity contribution in [3.05, 3.63) is 29.8 Å². The second-order valence-corrected chi connectivity index (χ2v) is 6.71. The highest BCUT2D eigenvalue weighted by Crippen LogP contribution is 2.41. The normalized spacial score (nSPS) is 22.7. The predicted octanol–water partition coefficient (Wildman–Crippen LogP) is 2.45. The fourth-order valence-electron chi connectivity index (χ4n) is 3.39. The second-order valence-electron chi connectivity index (χ2n) is 6.71. The first-order chi connectivity index (χ1) is 12.1. The number of rotatable bonds is 4. The number of hydrogen-bond donors (Lipinski definition) is 1. The van der Waals surface area contributed by atoms with Gasteiger partial charge >= 0.3 is 5.97 Å². The van der Waals surface area contributed by atoms with Crippen LogP contribution < -0.4 is 5.32 Å². The summed E-state index contributed by atoms with van der Waals surface area (Å²) >= 11 is 0. The van der Waals surface area contributed by atoms with Gasteiger partial charge in [-0.2, -0.15) is 0 Å². The van der Waals surface area contributed by atoms with Crippen LogP contribution in [0.1, 0.15) is 42.5 Å². The average molecular weight is 344 g/mol. The highest BCUT2D eigenvalue weighted by atomic mass is 16.5. The van der Waals surface area contributed by atoms with Crippen LogP contribution in [-0.2, 0) is 14.3 Å². The first-order valence-corrected chi connectivity index (χ1v) is 8.89. The lowest BCUT2D eigenvalue weighted by molar-refractivity contribution is -0.134. The van der Waals surface area contributed by atoms with Crippen molar-refractivity contribution in [3.8, 4) is 0 Å². The van der Waals surface area contributed by atoms with Crippen molar-refractivity contribution in [1.29, 1.82) is 0 Å². The lowest BCUT2D eigenvalue weighted by atomic mass is 10.1. The third kappa shape index (κ3) is 4.00. The lowest BCUT2D eigenvalue weighted by Gasteiger charge is -2.20. The molecule has 134 valence electrons. The Labute approximate surface area is 147 Å². The van der Waals surface area contributed by atoms with E-state index in [1.54, 1.807) is 24.3 Å². The highest BCUT2D eigenvalue weighted by Gasteiger charge is 2.49. The molecule has 1 aromatic rings. The van der Waals surface area contributed by atoms with Crippen molar-refractivity contribution in [1.82, 2.24) is 4.90 Å². The smallest absolute Gasteiger partial charge is 0.339 e. The third-order valence-electron chi connectivity index (χ3n) is 4.95. The molecule has 0 spiro atoms. The van der Waals surface area contributed by atoms with E-state index in [-0.39, 0.29) is 23.7 Å². The van der Waals surface area contributed by atoms with Crippen molar-refractivity contribution >= 4 is 23.5 Å². The van der Waals surface area contributed by atoms with Gasteiger partial charge in [-0.3, -0.25) is 9.59 Å². The van der Waals surface area contributed by atoms with Crippen LogP contribution >= 0.6 is 0 Å². The van der Waals surface area contributed by atoms with Crippen molar-refractivity contribution in [2.75, 3.05) is 25.5 Å². The minimum Gasteiger partial charge on any atom is -0.465 e. The molecular weight excluding hydrogens is 320 g/mol. The van der Waals surface area contributed by atoms with Crippen LogP contribution in [0.3, 0.4) is 0 Å². The third-order valence-corrected chi connectivity index (χ3v) is 4.95. The van der Waals surface area contributed by atoms with E-state index in [0.717, 1.165) is 25.9 Å². The van der Waals surface area contributed by atoms with Gasteiger partial charge in [0.05, 0.1) is 30.2 Å². The average Bonchev–Trinajstić information content (AvgIpc) is 3.44. The number of para-hydroxylation sites is 1. The van der Waals surface area contributed by atoms with Crippen LogP contribution in [0.5, 0.6) is 0 Å². The Kier molecular flexibility index (Phi) is 5.36. The van der Waals surface area contributed by atoms with E-state index in [1.807, 2.05) is 4.90 Å². The number of likely N-dealkylation sites (tertiary alicyclic amines) is 1. The van der Waals surface area contributed by atoms with Crippen molar-refractivity contribution in [2.45, 2.75) is 32.1 Å². The van der Waals surface area contributed by atoms with Crippen molar-refractivity contribution < 1.29 is 19.1 Å². The number of nitrogens with one attached hydrogen (secondary N) is 1. The highest BCUT2D eigenvalue weighted by molar-refractivity contribution is 6.04. The molecule has 6 heteroatoms. The summed E-state index contributed by atoms with van der Waals surface area (Å²) < 4.78 is 4.73. The summed E-state index contributed by atoms with van der Waals surface area (Å²) in [6, 6.07) is 6.73. The van der Waals surface area contributed by atoms with Gasteiger partial charge in [0, 0.05) is 13.1 Å². The number of esters is 1. The minimum atomic E-state index is -0.496. The Morgan fingerprint density at radius 3 is 2.40 bits per heavy atom. The summed E-state index contributed by atoms with van der Waals surface area (Å²) in [6.07, 6.45) is 5.01. The maximum absolute atomic E-state index is 12.6. The Balaban J connectivity index is 1.60. The maximum atomic E-state index is 12.6. The van der Waals surface area contributed by atoms with Gasteiger partial charge in [0.25, 0.3) is 0 Å².